The van der Waals surface area contributed by atoms with Gasteiger partial charge in [-0.1, -0.05) is 44.7 Å². The third-order valence-corrected chi connectivity index (χ3v) is 8.65. The number of aromatic nitrogens is 3. The molecule has 0 fully saturated rings. The van der Waals surface area contributed by atoms with Crippen molar-refractivity contribution in [3.63, 3.8) is 0 Å². The van der Waals surface area contributed by atoms with Gasteiger partial charge in [0.15, 0.2) is 11.0 Å². The van der Waals surface area contributed by atoms with E-state index in [1.54, 1.807) is 0 Å². The molecule has 1 aliphatic carbocycles. The molecule has 1 unspecified atom stereocenters. The standard InChI is InChI=1S/C27H34N4O4S2/c1-6-31-22(14-35-19-10-8-18(9-11-19)16(2)3)29-30-27(31)36-15-23(32)28-25-24(26(33)34-5)20-12-7-17(4)13-21(20)37-25/h8-11,16-17H,6-7,12-15H2,1-5H3,(H,28,32). The number of carbonyl (C=O) groups excluding carboxylic acids is 2. The average Bonchev–Trinajstić information content (AvgIpc) is 3.45. The van der Waals surface area contributed by atoms with Gasteiger partial charge < -0.3 is 19.4 Å². The summed E-state index contributed by atoms with van der Waals surface area (Å²) < 4.78 is 12.9. The highest BCUT2D eigenvalue weighted by atomic mass is 32.2. The Morgan fingerprint density at radius 2 is 2.00 bits per heavy atom. The van der Waals surface area contributed by atoms with Crippen molar-refractivity contribution in [3.05, 3.63) is 51.7 Å². The molecule has 0 aliphatic heterocycles. The number of anilines is 1. The summed E-state index contributed by atoms with van der Waals surface area (Å²) in [6.45, 7) is 9.48. The van der Waals surface area contributed by atoms with Crippen molar-refractivity contribution in [3.8, 4) is 5.75 Å². The molecule has 37 heavy (non-hydrogen) atoms. The summed E-state index contributed by atoms with van der Waals surface area (Å²) in [4.78, 5) is 26.5. The van der Waals surface area contributed by atoms with Gasteiger partial charge in [-0.25, -0.2) is 4.79 Å². The summed E-state index contributed by atoms with van der Waals surface area (Å²) in [5.41, 5.74) is 2.79. The number of hydrogen-bond donors (Lipinski definition) is 1. The predicted octanol–water partition coefficient (Wildman–Crippen LogP) is 5.70. The molecular weight excluding hydrogens is 508 g/mol. The number of ether oxygens (including phenoxy) is 2. The molecule has 2 heterocycles. The molecule has 1 amide bonds. The lowest BCUT2D eigenvalue weighted by atomic mass is 9.88. The van der Waals surface area contributed by atoms with Gasteiger partial charge in [0.05, 0.1) is 18.4 Å². The molecular formula is C27H34N4O4S2. The first-order valence-corrected chi connectivity index (χ1v) is 14.4. The molecule has 0 saturated heterocycles. The van der Waals surface area contributed by atoms with E-state index in [1.165, 1.54) is 35.8 Å². The Kier molecular flexibility index (Phi) is 8.91. The number of esters is 1. The monoisotopic (exact) mass is 542 g/mol. The molecule has 1 N–H and O–H groups in total. The molecule has 4 rings (SSSR count). The SMILES string of the molecule is CCn1c(COc2ccc(C(C)C)cc2)nnc1SCC(=O)Nc1sc2c(c1C(=O)OC)CCC(C)C2. The number of amides is 1. The van der Waals surface area contributed by atoms with Crippen molar-refractivity contribution >= 4 is 40.0 Å². The molecule has 8 nitrogen and oxygen atoms in total. The van der Waals surface area contributed by atoms with Crippen molar-refractivity contribution in [2.24, 2.45) is 5.92 Å². The Morgan fingerprint density at radius 1 is 1.24 bits per heavy atom. The summed E-state index contributed by atoms with van der Waals surface area (Å²) in [7, 11) is 1.37. The molecule has 0 bridgehead atoms. The third-order valence-electron chi connectivity index (χ3n) is 6.51. The highest BCUT2D eigenvalue weighted by molar-refractivity contribution is 7.99. The first-order valence-electron chi connectivity index (χ1n) is 12.6. The summed E-state index contributed by atoms with van der Waals surface area (Å²) in [6.07, 6.45) is 2.77. The van der Waals surface area contributed by atoms with E-state index >= 15 is 0 Å². The molecule has 0 spiro atoms. The Morgan fingerprint density at radius 3 is 2.68 bits per heavy atom. The van der Waals surface area contributed by atoms with Crippen molar-refractivity contribution in [2.45, 2.75) is 71.2 Å². The van der Waals surface area contributed by atoms with Crippen LogP contribution < -0.4 is 10.1 Å². The van der Waals surface area contributed by atoms with E-state index in [9.17, 15) is 9.59 Å². The quantitative estimate of drug-likeness (QED) is 0.259. The predicted molar refractivity (Wildman–Crippen MR) is 147 cm³/mol. The van der Waals surface area contributed by atoms with Crippen LogP contribution in [-0.4, -0.2) is 39.5 Å². The lowest BCUT2D eigenvalue weighted by Gasteiger charge is -2.18. The highest BCUT2D eigenvalue weighted by Gasteiger charge is 2.29. The minimum atomic E-state index is -0.399. The molecule has 1 aliphatic rings. The van der Waals surface area contributed by atoms with Gasteiger partial charge in [0.2, 0.25) is 5.91 Å². The van der Waals surface area contributed by atoms with Crippen LogP contribution in [0.5, 0.6) is 5.75 Å². The number of nitrogens with one attached hydrogen (secondary N) is 1. The van der Waals surface area contributed by atoms with Crippen LogP contribution in [0.25, 0.3) is 0 Å². The summed E-state index contributed by atoms with van der Waals surface area (Å²) in [5, 5.41) is 12.7. The van der Waals surface area contributed by atoms with Crippen LogP contribution in [0.1, 0.15) is 72.2 Å². The number of thiophene rings is 1. The zero-order chi connectivity index (χ0) is 26.5. The van der Waals surface area contributed by atoms with E-state index in [-0.39, 0.29) is 18.3 Å². The second kappa shape index (κ2) is 12.1. The van der Waals surface area contributed by atoms with Gasteiger partial charge in [0.1, 0.15) is 17.4 Å². The lowest BCUT2D eigenvalue weighted by Crippen LogP contribution is -2.17. The number of carbonyl (C=O) groups is 2. The maximum Gasteiger partial charge on any atom is 0.341 e. The van der Waals surface area contributed by atoms with Gasteiger partial charge >= 0.3 is 5.97 Å². The van der Waals surface area contributed by atoms with E-state index in [4.69, 9.17) is 9.47 Å². The van der Waals surface area contributed by atoms with Crippen LogP contribution in [-0.2, 0) is 35.5 Å². The number of hydrogen-bond acceptors (Lipinski definition) is 8. The van der Waals surface area contributed by atoms with Crippen LogP contribution in [0, 0.1) is 5.92 Å². The Hall–Kier alpha value is -2.85. The zero-order valence-electron chi connectivity index (χ0n) is 22.0. The van der Waals surface area contributed by atoms with Crippen molar-refractivity contribution in [1.29, 1.82) is 0 Å². The molecule has 0 saturated carbocycles. The fraction of sp³-hybridized carbons (Fsp3) is 0.481. The van der Waals surface area contributed by atoms with Gasteiger partial charge in [0.25, 0.3) is 0 Å². The minimum Gasteiger partial charge on any atom is -0.486 e. The van der Waals surface area contributed by atoms with Gasteiger partial charge in [-0.3, -0.25) is 4.79 Å². The first-order chi connectivity index (χ1) is 17.8. The Balaban J connectivity index is 1.38. The van der Waals surface area contributed by atoms with Gasteiger partial charge in [0, 0.05) is 11.4 Å². The second-order valence-electron chi connectivity index (χ2n) is 9.54. The van der Waals surface area contributed by atoms with Gasteiger partial charge in [-0.2, -0.15) is 0 Å². The van der Waals surface area contributed by atoms with Crippen LogP contribution in [0.3, 0.4) is 0 Å². The molecule has 3 aromatic rings. The van der Waals surface area contributed by atoms with E-state index < -0.39 is 5.97 Å². The fourth-order valence-corrected chi connectivity index (χ4v) is 6.63. The van der Waals surface area contributed by atoms with Crippen LogP contribution in [0.4, 0.5) is 5.00 Å². The lowest BCUT2D eigenvalue weighted by molar-refractivity contribution is -0.113. The molecule has 0 radical (unpaired) electrons. The van der Waals surface area contributed by atoms with Crippen molar-refractivity contribution < 1.29 is 19.1 Å². The maximum absolute atomic E-state index is 12.9. The average molecular weight is 543 g/mol. The Bertz CT molecular complexity index is 1250. The first kappa shape index (κ1) is 27.2. The maximum atomic E-state index is 12.9. The van der Waals surface area contributed by atoms with E-state index in [1.807, 2.05) is 23.6 Å². The third kappa shape index (κ3) is 6.35. The number of nitrogens with zero attached hydrogens (tertiary/aromatic N) is 3. The molecule has 1 aromatic carbocycles. The van der Waals surface area contributed by atoms with Crippen molar-refractivity contribution in [2.75, 3.05) is 18.2 Å². The zero-order valence-corrected chi connectivity index (χ0v) is 23.6. The van der Waals surface area contributed by atoms with E-state index in [0.29, 0.717) is 39.9 Å². The number of methoxy groups -OCH3 is 1. The number of benzene rings is 1. The smallest absolute Gasteiger partial charge is 0.341 e. The topological polar surface area (TPSA) is 95.3 Å². The summed E-state index contributed by atoms with van der Waals surface area (Å²) in [6, 6.07) is 8.07. The number of fused-ring (bicyclic) bond motifs is 1. The van der Waals surface area contributed by atoms with E-state index in [0.717, 1.165) is 35.5 Å². The molecule has 2 aromatic heterocycles. The van der Waals surface area contributed by atoms with Crippen LogP contribution >= 0.6 is 23.1 Å². The molecule has 10 heteroatoms. The number of thioether (sulfide) groups is 1. The van der Waals surface area contributed by atoms with Crippen molar-refractivity contribution in [1.82, 2.24) is 14.8 Å². The Labute approximate surface area is 226 Å². The normalized spacial score (nSPS) is 14.9. The highest BCUT2D eigenvalue weighted by Crippen LogP contribution is 2.40. The minimum absolute atomic E-state index is 0.148. The van der Waals surface area contributed by atoms with E-state index in [2.05, 4.69) is 48.4 Å². The van der Waals surface area contributed by atoms with Gasteiger partial charge in [-0.05, 0) is 61.3 Å². The summed E-state index contributed by atoms with van der Waals surface area (Å²) >= 11 is 2.80. The molecule has 198 valence electrons. The molecule has 1 atom stereocenters. The van der Waals surface area contributed by atoms with Gasteiger partial charge in [-0.15, -0.1) is 21.5 Å². The fourth-order valence-electron chi connectivity index (χ4n) is 4.40. The summed E-state index contributed by atoms with van der Waals surface area (Å²) in [5.74, 6) is 2.06. The second-order valence-corrected chi connectivity index (χ2v) is 11.6. The number of rotatable bonds is 10. The van der Waals surface area contributed by atoms with Crippen LogP contribution in [0.15, 0.2) is 29.4 Å². The largest absolute Gasteiger partial charge is 0.486 e. The van der Waals surface area contributed by atoms with Crippen LogP contribution in [0.2, 0.25) is 0 Å².